The van der Waals surface area contributed by atoms with Crippen LogP contribution in [-0.2, 0) is 11.2 Å². The van der Waals surface area contributed by atoms with Gasteiger partial charge in [-0.1, -0.05) is 29.3 Å². The Morgan fingerprint density at radius 1 is 1.35 bits per heavy atom. The summed E-state index contributed by atoms with van der Waals surface area (Å²) in [6.45, 7) is 4.17. The fourth-order valence-corrected chi connectivity index (χ4v) is 3.41. The van der Waals surface area contributed by atoms with E-state index in [4.69, 9.17) is 23.2 Å². The molecule has 1 unspecified atom stereocenters. The first-order valence-electron chi connectivity index (χ1n) is 7.98. The second-order valence-electron chi connectivity index (χ2n) is 6.14. The van der Waals surface area contributed by atoms with E-state index in [0.29, 0.717) is 22.4 Å². The van der Waals surface area contributed by atoms with Crippen molar-refractivity contribution in [3.05, 3.63) is 33.8 Å². The van der Waals surface area contributed by atoms with Gasteiger partial charge in [-0.25, -0.2) is 0 Å². The van der Waals surface area contributed by atoms with Crippen LogP contribution in [0.4, 0.5) is 0 Å². The second kappa shape index (κ2) is 10.4. The largest absolute Gasteiger partial charge is 0.353 e. The minimum Gasteiger partial charge on any atom is -0.353 e. The average Bonchev–Trinajstić information content (AvgIpc) is 2.49. The van der Waals surface area contributed by atoms with Crippen LogP contribution in [0.3, 0.4) is 0 Å². The summed E-state index contributed by atoms with van der Waals surface area (Å²) < 4.78 is 0. The minimum absolute atomic E-state index is 0. The smallest absolute Gasteiger partial charge is 0.220 e. The zero-order valence-corrected chi connectivity index (χ0v) is 15.7. The highest BCUT2D eigenvalue weighted by atomic mass is 35.5. The highest BCUT2D eigenvalue weighted by Crippen LogP contribution is 2.22. The Kier molecular flexibility index (Phi) is 9.30. The van der Waals surface area contributed by atoms with E-state index in [2.05, 4.69) is 10.6 Å². The molecular formula is C17H25Cl3N2O. The molecule has 1 fully saturated rings. The number of hydrogen-bond acceptors (Lipinski definition) is 2. The van der Waals surface area contributed by atoms with Crippen molar-refractivity contribution >= 4 is 41.5 Å². The molecule has 130 valence electrons. The second-order valence-corrected chi connectivity index (χ2v) is 6.98. The number of carbonyl (C=O) groups is 1. The van der Waals surface area contributed by atoms with Gasteiger partial charge >= 0.3 is 0 Å². The quantitative estimate of drug-likeness (QED) is 0.776. The summed E-state index contributed by atoms with van der Waals surface area (Å²) in [5, 5.41) is 7.70. The van der Waals surface area contributed by atoms with Gasteiger partial charge in [-0.15, -0.1) is 12.4 Å². The number of halogens is 3. The monoisotopic (exact) mass is 378 g/mol. The van der Waals surface area contributed by atoms with Crippen molar-refractivity contribution in [3.63, 3.8) is 0 Å². The molecule has 1 atom stereocenters. The van der Waals surface area contributed by atoms with Crippen molar-refractivity contribution in [2.75, 3.05) is 13.1 Å². The number of carbonyl (C=O) groups excluding carboxylic acids is 1. The number of hydrogen-bond donors (Lipinski definition) is 2. The standard InChI is InChI=1S/C17H24Cl2N2O.ClH/c1-12(10-14-3-4-15(18)11-16(14)19)21-17(22)5-2-13-6-8-20-9-7-13;/h3-4,11-13,20H,2,5-10H2,1H3,(H,21,22);1H. The van der Waals surface area contributed by atoms with Crippen molar-refractivity contribution in [1.82, 2.24) is 10.6 Å². The lowest BCUT2D eigenvalue weighted by Crippen LogP contribution is -2.35. The summed E-state index contributed by atoms with van der Waals surface area (Å²) in [7, 11) is 0. The normalized spacial score (nSPS) is 16.5. The van der Waals surface area contributed by atoms with Gasteiger partial charge in [0.1, 0.15) is 0 Å². The van der Waals surface area contributed by atoms with Gasteiger partial charge in [0, 0.05) is 22.5 Å². The molecule has 0 aliphatic carbocycles. The fourth-order valence-electron chi connectivity index (χ4n) is 2.92. The van der Waals surface area contributed by atoms with Crippen LogP contribution in [0.1, 0.15) is 38.2 Å². The molecule has 0 spiro atoms. The van der Waals surface area contributed by atoms with Gasteiger partial charge in [0.25, 0.3) is 0 Å². The Hall–Kier alpha value is -0.480. The molecule has 1 saturated heterocycles. The molecule has 0 radical (unpaired) electrons. The van der Waals surface area contributed by atoms with Crippen LogP contribution in [0.15, 0.2) is 18.2 Å². The van der Waals surface area contributed by atoms with Crippen LogP contribution in [-0.4, -0.2) is 25.0 Å². The molecule has 6 heteroatoms. The maximum Gasteiger partial charge on any atom is 0.220 e. The summed E-state index contributed by atoms with van der Waals surface area (Å²) >= 11 is 12.1. The summed E-state index contributed by atoms with van der Waals surface area (Å²) in [5.41, 5.74) is 1.01. The maximum atomic E-state index is 12.0. The maximum absolute atomic E-state index is 12.0. The van der Waals surface area contributed by atoms with E-state index < -0.39 is 0 Å². The van der Waals surface area contributed by atoms with E-state index in [9.17, 15) is 4.79 Å². The molecule has 0 saturated carbocycles. The summed E-state index contributed by atoms with van der Waals surface area (Å²) in [6, 6.07) is 5.56. The SMILES string of the molecule is CC(Cc1ccc(Cl)cc1Cl)NC(=O)CCC1CCNCC1.Cl. The third-order valence-corrected chi connectivity index (χ3v) is 4.77. The van der Waals surface area contributed by atoms with Crippen LogP contribution in [0.2, 0.25) is 10.0 Å². The molecule has 1 aliphatic heterocycles. The van der Waals surface area contributed by atoms with E-state index in [0.717, 1.165) is 31.5 Å². The van der Waals surface area contributed by atoms with Crippen molar-refractivity contribution in [3.8, 4) is 0 Å². The van der Waals surface area contributed by atoms with Crippen LogP contribution < -0.4 is 10.6 Å². The molecule has 3 nitrogen and oxygen atoms in total. The highest BCUT2D eigenvalue weighted by Gasteiger charge is 2.16. The third-order valence-electron chi connectivity index (χ3n) is 4.19. The lowest BCUT2D eigenvalue weighted by atomic mass is 9.93. The van der Waals surface area contributed by atoms with Crippen LogP contribution in [0.5, 0.6) is 0 Å². The van der Waals surface area contributed by atoms with Gasteiger partial charge in [-0.05, 0) is 69.3 Å². The minimum atomic E-state index is 0. The molecule has 1 aromatic rings. The Balaban J connectivity index is 0.00000264. The molecule has 23 heavy (non-hydrogen) atoms. The van der Waals surface area contributed by atoms with E-state index in [-0.39, 0.29) is 24.4 Å². The number of rotatable bonds is 6. The molecule has 1 aliphatic rings. The van der Waals surface area contributed by atoms with Crippen molar-refractivity contribution in [2.45, 2.75) is 45.1 Å². The predicted octanol–water partition coefficient (Wildman–Crippen LogP) is 4.24. The van der Waals surface area contributed by atoms with Gasteiger partial charge < -0.3 is 10.6 Å². The highest BCUT2D eigenvalue weighted by molar-refractivity contribution is 6.35. The summed E-state index contributed by atoms with van der Waals surface area (Å²) in [4.78, 5) is 12.0. The number of nitrogens with one attached hydrogen (secondary N) is 2. The first-order valence-corrected chi connectivity index (χ1v) is 8.74. The van der Waals surface area contributed by atoms with Crippen LogP contribution in [0.25, 0.3) is 0 Å². The first kappa shape index (κ1) is 20.6. The Bertz CT molecular complexity index is 505. The summed E-state index contributed by atoms with van der Waals surface area (Å²) in [5.74, 6) is 0.823. The molecule has 1 aromatic carbocycles. The van der Waals surface area contributed by atoms with Crippen molar-refractivity contribution in [1.29, 1.82) is 0 Å². The van der Waals surface area contributed by atoms with Gasteiger partial charge in [-0.2, -0.15) is 0 Å². The van der Waals surface area contributed by atoms with Gasteiger partial charge in [0.15, 0.2) is 0 Å². The number of piperidine rings is 1. The molecule has 1 heterocycles. The average molecular weight is 380 g/mol. The zero-order chi connectivity index (χ0) is 15.9. The van der Waals surface area contributed by atoms with E-state index in [1.165, 1.54) is 12.8 Å². The third kappa shape index (κ3) is 7.30. The van der Waals surface area contributed by atoms with Gasteiger partial charge in [-0.3, -0.25) is 4.79 Å². The Morgan fingerprint density at radius 2 is 2.04 bits per heavy atom. The molecule has 2 N–H and O–H groups in total. The molecular weight excluding hydrogens is 355 g/mol. The van der Waals surface area contributed by atoms with E-state index >= 15 is 0 Å². The predicted molar refractivity (Wildman–Crippen MR) is 99.8 cm³/mol. The Labute approximate surface area is 154 Å². The number of benzene rings is 1. The van der Waals surface area contributed by atoms with Crippen molar-refractivity contribution in [2.24, 2.45) is 5.92 Å². The topological polar surface area (TPSA) is 41.1 Å². The van der Waals surface area contributed by atoms with Gasteiger partial charge in [0.05, 0.1) is 0 Å². The lowest BCUT2D eigenvalue weighted by molar-refractivity contribution is -0.122. The van der Waals surface area contributed by atoms with E-state index in [1.54, 1.807) is 6.07 Å². The first-order chi connectivity index (χ1) is 10.5. The zero-order valence-electron chi connectivity index (χ0n) is 13.4. The van der Waals surface area contributed by atoms with Gasteiger partial charge in [0.2, 0.25) is 5.91 Å². The molecule has 0 bridgehead atoms. The van der Waals surface area contributed by atoms with Crippen LogP contribution >= 0.6 is 35.6 Å². The fraction of sp³-hybridized carbons (Fsp3) is 0.588. The summed E-state index contributed by atoms with van der Waals surface area (Å²) in [6.07, 6.45) is 4.69. The van der Waals surface area contributed by atoms with Crippen LogP contribution in [0, 0.1) is 5.92 Å². The molecule has 0 aromatic heterocycles. The van der Waals surface area contributed by atoms with E-state index in [1.807, 2.05) is 19.1 Å². The molecule has 1 amide bonds. The lowest BCUT2D eigenvalue weighted by Gasteiger charge is -2.22. The molecule has 2 rings (SSSR count). The Morgan fingerprint density at radius 3 is 2.70 bits per heavy atom. The van der Waals surface area contributed by atoms with Crippen molar-refractivity contribution < 1.29 is 4.79 Å². The number of amides is 1.